The van der Waals surface area contributed by atoms with Crippen LogP contribution in [0.15, 0.2) is 12.3 Å². The number of unbranched alkanes of at least 4 members (excludes halogenated alkanes) is 3. The highest BCUT2D eigenvalue weighted by Gasteiger charge is 1.84. The van der Waals surface area contributed by atoms with E-state index < -0.39 is 0 Å². The molecule has 0 atom stereocenters. The first-order valence-electron chi connectivity index (χ1n) is 4.14. The molecule has 0 heterocycles. The van der Waals surface area contributed by atoms with Gasteiger partial charge >= 0.3 is 0 Å². The highest BCUT2D eigenvalue weighted by molar-refractivity contribution is 4.64. The molecule has 0 aliphatic rings. The monoisotopic (exact) mass is 142 g/mol. The lowest BCUT2D eigenvalue weighted by atomic mass is 10.2. The third-order valence-electron chi connectivity index (χ3n) is 1.35. The summed E-state index contributed by atoms with van der Waals surface area (Å²) in [5, 5.41) is 0. The average molecular weight is 142 g/mol. The Bertz CT molecular complexity index is 76.8. The number of hydrogen-bond acceptors (Lipinski definition) is 1. The third-order valence-corrected chi connectivity index (χ3v) is 1.35. The summed E-state index contributed by atoms with van der Waals surface area (Å²) in [6.07, 6.45) is 8.79. The first-order valence-corrected chi connectivity index (χ1v) is 4.14. The van der Waals surface area contributed by atoms with Crippen molar-refractivity contribution in [3.63, 3.8) is 0 Å². The summed E-state index contributed by atoms with van der Waals surface area (Å²) in [6, 6.07) is 0. The smallest absolute Gasteiger partial charge is 0.0873 e. The second-order valence-corrected chi connectivity index (χ2v) is 2.40. The van der Waals surface area contributed by atoms with Crippen LogP contribution in [0.4, 0.5) is 0 Å². The fraction of sp³-hybridized carbons (Fsp3) is 0.778. The van der Waals surface area contributed by atoms with E-state index in [1.54, 1.807) is 6.26 Å². The van der Waals surface area contributed by atoms with Gasteiger partial charge in [-0.15, -0.1) is 0 Å². The molecular weight excluding hydrogens is 124 g/mol. The minimum Gasteiger partial charge on any atom is -0.502 e. The van der Waals surface area contributed by atoms with Gasteiger partial charge in [0.15, 0.2) is 0 Å². The van der Waals surface area contributed by atoms with E-state index >= 15 is 0 Å². The number of hydrogen-bond donors (Lipinski definition) is 0. The minimum atomic E-state index is 0.879. The van der Waals surface area contributed by atoms with Crippen LogP contribution in [0, 0.1) is 0 Å². The molecule has 0 bridgehead atoms. The van der Waals surface area contributed by atoms with Crippen molar-refractivity contribution in [3.8, 4) is 0 Å². The summed E-state index contributed by atoms with van der Waals surface area (Å²) < 4.78 is 5.15. The second-order valence-electron chi connectivity index (χ2n) is 2.40. The number of rotatable bonds is 6. The predicted octanol–water partition coefficient (Wildman–Crippen LogP) is 3.12. The molecule has 0 N–H and O–H groups in total. The molecule has 0 aromatic heterocycles. The highest BCUT2D eigenvalue weighted by atomic mass is 16.5. The van der Waals surface area contributed by atoms with Crippen molar-refractivity contribution in [3.05, 3.63) is 12.3 Å². The van der Waals surface area contributed by atoms with Crippen molar-refractivity contribution in [1.82, 2.24) is 0 Å². The molecule has 0 spiro atoms. The fourth-order valence-electron chi connectivity index (χ4n) is 0.776. The Kier molecular flexibility index (Phi) is 8.15. The molecule has 0 fully saturated rings. The standard InChI is InChI=1S/C9H18O/c1-3-5-6-7-9-10-8-4-2/h4,8H,3,5-7,9H2,1-2H3/b8-4+. The topological polar surface area (TPSA) is 9.23 Å². The molecule has 0 aliphatic heterocycles. The van der Waals surface area contributed by atoms with Crippen LogP contribution in [0.1, 0.15) is 39.5 Å². The zero-order valence-corrected chi connectivity index (χ0v) is 7.10. The summed E-state index contributed by atoms with van der Waals surface area (Å²) in [7, 11) is 0. The van der Waals surface area contributed by atoms with Crippen LogP contribution in [0.3, 0.4) is 0 Å². The van der Waals surface area contributed by atoms with E-state index in [0.717, 1.165) is 6.61 Å². The SMILES string of the molecule is C/C=C/OCCCCCC. The Balaban J connectivity index is 2.77. The maximum absolute atomic E-state index is 5.15. The van der Waals surface area contributed by atoms with Crippen LogP contribution in [0.25, 0.3) is 0 Å². The summed E-state index contributed by atoms with van der Waals surface area (Å²) in [5.41, 5.74) is 0. The molecular formula is C9H18O. The molecule has 1 heteroatoms. The molecule has 0 aromatic carbocycles. The molecule has 60 valence electrons. The maximum Gasteiger partial charge on any atom is 0.0873 e. The molecule has 0 saturated carbocycles. The van der Waals surface area contributed by atoms with E-state index in [9.17, 15) is 0 Å². The Morgan fingerprint density at radius 3 is 2.60 bits per heavy atom. The van der Waals surface area contributed by atoms with Crippen molar-refractivity contribution >= 4 is 0 Å². The lowest BCUT2D eigenvalue weighted by Gasteiger charge is -1.98. The van der Waals surface area contributed by atoms with Gasteiger partial charge in [-0.3, -0.25) is 0 Å². The quantitative estimate of drug-likeness (QED) is 0.409. The summed E-state index contributed by atoms with van der Waals surface area (Å²) in [4.78, 5) is 0. The van der Waals surface area contributed by atoms with Crippen molar-refractivity contribution in [1.29, 1.82) is 0 Å². The summed E-state index contributed by atoms with van der Waals surface area (Å²) >= 11 is 0. The third kappa shape index (κ3) is 7.54. The zero-order chi connectivity index (χ0) is 7.66. The van der Waals surface area contributed by atoms with Crippen molar-refractivity contribution in [2.45, 2.75) is 39.5 Å². The zero-order valence-electron chi connectivity index (χ0n) is 7.10. The van der Waals surface area contributed by atoms with E-state index in [1.165, 1.54) is 25.7 Å². The van der Waals surface area contributed by atoms with E-state index in [-0.39, 0.29) is 0 Å². The normalized spacial score (nSPS) is 10.6. The highest BCUT2D eigenvalue weighted by Crippen LogP contribution is 1.98. The predicted molar refractivity (Wildman–Crippen MR) is 44.9 cm³/mol. The van der Waals surface area contributed by atoms with Crippen molar-refractivity contribution in [2.24, 2.45) is 0 Å². The van der Waals surface area contributed by atoms with Gasteiger partial charge in [-0.25, -0.2) is 0 Å². The molecule has 0 aromatic rings. The summed E-state index contributed by atoms with van der Waals surface area (Å²) in [5.74, 6) is 0. The van der Waals surface area contributed by atoms with Gasteiger partial charge in [0, 0.05) is 0 Å². The van der Waals surface area contributed by atoms with Gasteiger partial charge < -0.3 is 4.74 Å². The van der Waals surface area contributed by atoms with Crippen LogP contribution >= 0.6 is 0 Å². The molecule has 0 radical (unpaired) electrons. The van der Waals surface area contributed by atoms with E-state index in [4.69, 9.17) is 4.74 Å². The maximum atomic E-state index is 5.15. The fourth-order valence-corrected chi connectivity index (χ4v) is 0.776. The second kappa shape index (κ2) is 8.54. The van der Waals surface area contributed by atoms with Crippen molar-refractivity contribution in [2.75, 3.05) is 6.61 Å². The Hall–Kier alpha value is -0.460. The van der Waals surface area contributed by atoms with Gasteiger partial charge in [0.05, 0.1) is 12.9 Å². The Morgan fingerprint density at radius 1 is 1.20 bits per heavy atom. The Morgan fingerprint density at radius 2 is 2.00 bits per heavy atom. The van der Waals surface area contributed by atoms with Crippen LogP contribution < -0.4 is 0 Å². The van der Waals surface area contributed by atoms with Crippen LogP contribution in [0.5, 0.6) is 0 Å². The van der Waals surface area contributed by atoms with Gasteiger partial charge in [0.2, 0.25) is 0 Å². The first kappa shape index (κ1) is 9.54. The summed E-state index contributed by atoms with van der Waals surface area (Å²) in [6.45, 7) is 5.06. The van der Waals surface area contributed by atoms with Gasteiger partial charge in [0.25, 0.3) is 0 Å². The molecule has 0 unspecified atom stereocenters. The number of ether oxygens (including phenoxy) is 1. The van der Waals surface area contributed by atoms with Gasteiger partial charge in [-0.1, -0.05) is 32.3 Å². The minimum absolute atomic E-state index is 0.879. The molecule has 0 amide bonds. The van der Waals surface area contributed by atoms with E-state index in [1.807, 2.05) is 13.0 Å². The van der Waals surface area contributed by atoms with E-state index in [2.05, 4.69) is 6.92 Å². The first-order chi connectivity index (χ1) is 4.91. The van der Waals surface area contributed by atoms with Crippen molar-refractivity contribution < 1.29 is 4.74 Å². The lowest BCUT2D eigenvalue weighted by Crippen LogP contribution is -1.86. The van der Waals surface area contributed by atoms with Gasteiger partial charge in [0.1, 0.15) is 0 Å². The molecule has 10 heavy (non-hydrogen) atoms. The van der Waals surface area contributed by atoms with Gasteiger partial charge in [-0.2, -0.15) is 0 Å². The van der Waals surface area contributed by atoms with Crippen LogP contribution in [0.2, 0.25) is 0 Å². The molecule has 0 saturated heterocycles. The Labute approximate surface area is 64.1 Å². The molecule has 0 rings (SSSR count). The largest absolute Gasteiger partial charge is 0.502 e. The van der Waals surface area contributed by atoms with Crippen LogP contribution in [-0.2, 0) is 4.74 Å². The van der Waals surface area contributed by atoms with E-state index in [0.29, 0.717) is 0 Å². The molecule has 0 aliphatic carbocycles. The number of allylic oxidation sites excluding steroid dienone is 1. The molecule has 1 nitrogen and oxygen atoms in total. The lowest BCUT2D eigenvalue weighted by molar-refractivity contribution is 0.240. The average Bonchev–Trinajstić information content (AvgIpc) is 1.97. The van der Waals surface area contributed by atoms with Gasteiger partial charge in [-0.05, 0) is 13.3 Å². The van der Waals surface area contributed by atoms with Crippen LogP contribution in [-0.4, -0.2) is 6.61 Å².